The average Bonchev–Trinajstić information content (AvgIpc) is 3.24. The first-order valence-electron chi connectivity index (χ1n) is 8.18. The van der Waals surface area contributed by atoms with E-state index >= 15 is 0 Å². The average molecular weight is 374 g/mol. The summed E-state index contributed by atoms with van der Waals surface area (Å²) in [5.74, 6) is 0. The molecular weight excluding hydrogens is 353 g/mol. The molecule has 2 amide bonds. The number of alkyl halides is 3. The number of hydrogen-bond acceptors (Lipinski definition) is 3. The molecule has 1 N–H and O–H groups in total. The van der Waals surface area contributed by atoms with Crippen molar-refractivity contribution < 1.29 is 18.0 Å². The van der Waals surface area contributed by atoms with Crippen molar-refractivity contribution in [2.24, 2.45) is 0 Å². The maximum atomic E-state index is 12.6. The fourth-order valence-electron chi connectivity index (χ4n) is 3.05. The third kappa shape index (κ3) is 4.26. The van der Waals surface area contributed by atoms with E-state index in [2.05, 4.69) is 9.88 Å². The minimum Gasteiger partial charge on any atom is -0.364 e. The van der Waals surface area contributed by atoms with E-state index in [1.807, 2.05) is 30.7 Å². The van der Waals surface area contributed by atoms with Gasteiger partial charge in [-0.2, -0.15) is 13.2 Å². The SMILES string of the molecule is CC1=CSC(N2CCN(CCCC(F)(F)F)C2=O)N1Cc1ccc[nH]1. The zero-order valence-corrected chi connectivity index (χ0v) is 14.7. The van der Waals surface area contributed by atoms with Crippen LogP contribution < -0.4 is 0 Å². The zero-order valence-electron chi connectivity index (χ0n) is 13.9. The topological polar surface area (TPSA) is 42.6 Å². The number of thioether (sulfide) groups is 1. The van der Waals surface area contributed by atoms with Crippen LogP contribution in [0.5, 0.6) is 0 Å². The molecule has 3 heterocycles. The number of carbonyl (C=O) groups excluding carboxylic acids is 1. The Morgan fingerprint density at radius 1 is 1.36 bits per heavy atom. The van der Waals surface area contributed by atoms with Crippen LogP contribution in [0.2, 0.25) is 0 Å². The van der Waals surface area contributed by atoms with Crippen LogP contribution in [0.4, 0.5) is 18.0 Å². The Kier molecular flexibility index (Phi) is 5.21. The van der Waals surface area contributed by atoms with Gasteiger partial charge in [0.2, 0.25) is 0 Å². The van der Waals surface area contributed by atoms with E-state index in [0.717, 1.165) is 11.4 Å². The molecule has 1 aromatic heterocycles. The summed E-state index contributed by atoms with van der Waals surface area (Å²) in [6.07, 6.45) is -3.22. The lowest BCUT2D eigenvalue weighted by Crippen LogP contribution is -2.45. The van der Waals surface area contributed by atoms with Crippen molar-refractivity contribution in [1.82, 2.24) is 19.7 Å². The van der Waals surface area contributed by atoms with Crippen molar-refractivity contribution in [1.29, 1.82) is 0 Å². The number of rotatable bonds is 6. The summed E-state index contributed by atoms with van der Waals surface area (Å²) in [7, 11) is 0. The second kappa shape index (κ2) is 7.23. The predicted molar refractivity (Wildman–Crippen MR) is 90.4 cm³/mol. The smallest absolute Gasteiger partial charge is 0.364 e. The highest BCUT2D eigenvalue weighted by molar-refractivity contribution is 8.02. The molecule has 1 atom stereocenters. The van der Waals surface area contributed by atoms with Crippen molar-refractivity contribution in [3.8, 4) is 0 Å². The molecule has 0 aromatic carbocycles. The summed E-state index contributed by atoms with van der Waals surface area (Å²) in [6, 6.07) is 3.73. The van der Waals surface area contributed by atoms with Gasteiger partial charge in [0.1, 0.15) is 0 Å². The van der Waals surface area contributed by atoms with Crippen LogP contribution in [0.3, 0.4) is 0 Å². The van der Waals surface area contributed by atoms with Crippen LogP contribution in [0.1, 0.15) is 25.5 Å². The van der Waals surface area contributed by atoms with Crippen molar-refractivity contribution in [2.75, 3.05) is 19.6 Å². The quantitative estimate of drug-likeness (QED) is 0.824. The molecule has 5 nitrogen and oxygen atoms in total. The molecule has 2 aliphatic heterocycles. The summed E-state index contributed by atoms with van der Waals surface area (Å²) in [6.45, 7) is 3.81. The number of aromatic nitrogens is 1. The molecule has 138 valence electrons. The van der Waals surface area contributed by atoms with Gasteiger partial charge in [0.15, 0.2) is 5.50 Å². The van der Waals surface area contributed by atoms with Crippen LogP contribution in [0.15, 0.2) is 29.4 Å². The van der Waals surface area contributed by atoms with E-state index in [1.54, 1.807) is 16.7 Å². The number of nitrogens with zero attached hydrogens (tertiary/aromatic N) is 3. The van der Waals surface area contributed by atoms with Gasteiger partial charge in [-0.05, 0) is 30.9 Å². The molecule has 0 spiro atoms. The fourth-order valence-corrected chi connectivity index (χ4v) is 4.24. The minimum absolute atomic E-state index is 0.0512. The van der Waals surface area contributed by atoms with Crippen LogP contribution in [-0.4, -0.2) is 57.0 Å². The molecule has 3 rings (SSSR count). The third-order valence-corrected chi connectivity index (χ3v) is 5.59. The van der Waals surface area contributed by atoms with E-state index < -0.39 is 12.6 Å². The van der Waals surface area contributed by atoms with Gasteiger partial charge in [-0.3, -0.25) is 4.90 Å². The standard InChI is InChI=1S/C16H21F3N4OS/c1-12-11-25-15(23(12)10-13-4-2-6-20-13)22-9-8-21(14(22)24)7-3-5-16(17,18)19/h2,4,6,11,15,20H,3,5,7-10H2,1H3. The molecule has 1 unspecified atom stereocenters. The maximum absolute atomic E-state index is 12.6. The number of urea groups is 1. The summed E-state index contributed by atoms with van der Waals surface area (Å²) >= 11 is 1.56. The first-order chi connectivity index (χ1) is 11.8. The number of H-pyrrole nitrogens is 1. The first-order valence-corrected chi connectivity index (χ1v) is 9.13. The fraction of sp³-hybridized carbons (Fsp3) is 0.562. The molecule has 9 heteroatoms. The molecule has 0 saturated carbocycles. The second-order valence-corrected chi connectivity index (χ2v) is 7.16. The highest BCUT2D eigenvalue weighted by Gasteiger charge is 2.39. The summed E-state index contributed by atoms with van der Waals surface area (Å²) in [5, 5.41) is 2.02. The summed E-state index contributed by atoms with van der Waals surface area (Å²) in [4.78, 5) is 21.2. The third-order valence-electron chi connectivity index (χ3n) is 4.36. The lowest BCUT2D eigenvalue weighted by atomic mass is 10.3. The second-order valence-electron chi connectivity index (χ2n) is 6.23. The number of aromatic amines is 1. The van der Waals surface area contributed by atoms with Crippen LogP contribution >= 0.6 is 11.8 Å². The Hall–Kier alpha value is -1.77. The van der Waals surface area contributed by atoms with Gasteiger partial charge >= 0.3 is 12.2 Å². The molecule has 1 saturated heterocycles. The van der Waals surface area contributed by atoms with Gasteiger partial charge in [0, 0.05) is 43.6 Å². The molecule has 1 aromatic rings. The first kappa shape index (κ1) is 18.0. The van der Waals surface area contributed by atoms with Crippen molar-refractivity contribution >= 4 is 17.8 Å². The molecule has 0 aliphatic carbocycles. The Bertz CT molecular complexity index is 632. The highest BCUT2D eigenvalue weighted by Crippen LogP contribution is 2.36. The van der Waals surface area contributed by atoms with Crippen molar-refractivity contribution in [3.63, 3.8) is 0 Å². The molecule has 0 bridgehead atoms. The van der Waals surface area contributed by atoms with Gasteiger partial charge < -0.3 is 14.8 Å². The maximum Gasteiger partial charge on any atom is 0.389 e. The molecule has 0 radical (unpaired) electrons. The van der Waals surface area contributed by atoms with Gasteiger partial charge in [0.25, 0.3) is 0 Å². The normalized spacial score (nSPS) is 21.4. The minimum atomic E-state index is -4.17. The summed E-state index contributed by atoms with van der Waals surface area (Å²) < 4.78 is 36.9. The molecule has 25 heavy (non-hydrogen) atoms. The zero-order chi connectivity index (χ0) is 18.0. The Morgan fingerprint density at radius 3 is 2.84 bits per heavy atom. The predicted octanol–water partition coefficient (Wildman–Crippen LogP) is 3.79. The van der Waals surface area contributed by atoms with Gasteiger partial charge in [-0.15, -0.1) is 0 Å². The van der Waals surface area contributed by atoms with Crippen molar-refractivity contribution in [2.45, 2.75) is 38.0 Å². The van der Waals surface area contributed by atoms with E-state index in [9.17, 15) is 18.0 Å². The van der Waals surface area contributed by atoms with E-state index in [-0.39, 0.29) is 24.5 Å². The number of amides is 2. The Morgan fingerprint density at radius 2 is 2.16 bits per heavy atom. The van der Waals surface area contributed by atoms with Crippen LogP contribution in [0, 0.1) is 0 Å². The van der Waals surface area contributed by atoms with Gasteiger partial charge in [-0.25, -0.2) is 4.79 Å². The number of allylic oxidation sites excluding steroid dienone is 1. The van der Waals surface area contributed by atoms with Crippen molar-refractivity contribution in [3.05, 3.63) is 35.1 Å². The van der Waals surface area contributed by atoms with Gasteiger partial charge in [0.05, 0.1) is 6.54 Å². The Balaban J connectivity index is 1.59. The number of nitrogens with one attached hydrogen (secondary N) is 1. The van der Waals surface area contributed by atoms with E-state index in [4.69, 9.17) is 0 Å². The van der Waals surface area contributed by atoms with E-state index in [0.29, 0.717) is 19.6 Å². The lowest BCUT2D eigenvalue weighted by molar-refractivity contribution is -0.135. The van der Waals surface area contributed by atoms with Gasteiger partial charge in [-0.1, -0.05) is 11.8 Å². The molecule has 2 aliphatic rings. The number of hydrogen-bond donors (Lipinski definition) is 1. The highest BCUT2D eigenvalue weighted by atomic mass is 32.2. The molecular formula is C16H21F3N4OS. The molecule has 1 fully saturated rings. The largest absolute Gasteiger partial charge is 0.389 e. The number of carbonyl (C=O) groups is 1. The lowest BCUT2D eigenvalue weighted by Gasteiger charge is -2.33. The number of halogens is 3. The van der Waals surface area contributed by atoms with Crippen LogP contribution in [0.25, 0.3) is 0 Å². The monoisotopic (exact) mass is 374 g/mol. The Labute approximate surface area is 148 Å². The van der Waals surface area contributed by atoms with E-state index in [1.165, 1.54) is 4.90 Å². The van der Waals surface area contributed by atoms with Crippen LogP contribution in [-0.2, 0) is 6.54 Å². The summed E-state index contributed by atoms with van der Waals surface area (Å²) in [5.41, 5.74) is 1.98.